The second kappa shape index (κ2) is 8.96. The summed E-state index contributed by atoms with van der Waals surface area (Å²) in [6, 6.07) is 10.2. The van der Waals surface area contributed by atoms with E-state index >= 15 is 0 Å². The zero-order valence-corrected chi connectivity index (χ0v) is 17.8. The lowest BCUT2D eigenvalue weighted by molar-refractivity contribution is -0.137. The number of rotatable bonds is 5. The van der Waals surface area contributed by atoms with E-state index in [1.54, 1.807) is 12.1 Å². The highest BCUT2D eigenvalue weighted by Gasteiger charge is 2.30. The van der Waals surface area contributed by atoms with Gasteiger partial charge in [0.2, 0.25) is 0 Å². The summed E-state index contributed by atoms with van der Waals surface area (Å²) in [5.41, 5.74) is 2.52. The molecule has 0 aromatic heterocycles. The monoisotopic (exact) mass is 430 g/mol. The highest BCUT2D eigenvalue weighted by molar-refractivity contribution is 6.00. The number of Topliss-reactive ketones (excluding diaryl/α,β-unsaturated/α-hetero) is 2. The van der Waals surface area contributed by atoms with Crippen LogP contribution in [-0.4, -0.2) is 43.7 Å². The van der Waals surface area contributed by atoms with Crippen LogP contribution in [0.15, 0.2) is 54.2 Å². The molecule has 1 fully saturated rings. The second-order valence-electron chi connectivity index (χ2n) is 8.01. The highest BCUT2D eigenvalue weighted by atomic mass is 19.4. The third kappa shape index (κ3) is 5.54. The van der Waals surface area contributed by atoms with E-state index in [4.69, 9.17) is 0 Å². The lowest BCUT2D eigenvalue weighted by Crippen LogP contribution is -2.37. The van der Waals surface area contributed by atoms with Gasteiger partial charge in [-0.25, -0.2) is 0 Å². The molecule has 0 saturated carbocycles. The number of aryl methyl sites for hydroxylation is 1. The Bertz CT molecular complexity index is 1030. The number of alkyl halides is 3. The average Bonchev–Trinajstić information content (AvgIpc) is 2.69. The van der Waals surface area contributed by atoms with Crippen LogP contribution < -0.4 is 4.90 Å². The molecule has 0 amide bonds. The van der Waals surface area contributed by atoms with E-state index in [2.05, 4.69) is 4.90 Å². The van der Waals surface area contributed by atoms with Crippen LogP contribution in [0.25, 0.3) is 0 Å². The molecule has 0 radical (unpaired) electrons. The van der Waals surface area contributed by atoms with Gasteiger partial charge in [-0.3, -0.25) is 9.59 Å². The van der Waals surface area contributed by atoms with Crippen molar-refractivity contribution in [2.24, 2.45) is 0 Å². The summed E-state index contributed by atoms with van der Waals surface area (Å²) in [7, 11) is 3.72. The van der Waals surface area contributed by atoms with Crippen molar-refractivity contribution >= 4 is 17.3 Å². The molecular formula is C24H25F3N2O2. The van der Waals surface area contributed by atoms with E-state index in [0.29, 0.717) is 36.2 Å². The Morgan fingerprint density at radius 1 is 1.16 bits per heavy atom. The fourth-order valence-corrected chi connectivity index (χ4v) is 3.67. The van der Waals surface area contributed by atoms with E-state index in [1.165, 1.54) is 12.1 Å². The van der Waals surface area contributed by atoms with Crippen LogP contribution in [0, 0.1) is 6.92 Å². The summed E-state index contributed by atoms with van der Waals surface area (Å²) in [6.45, 7) is 2.93. The summed E-state index contributed by atoms with van der Waals surface area (Å²) >= 11 is 0. The quantitative estimate of drug-likeness (QED) is 0.511. The SMILES string of the molecule is Cc1ccc(C(=O)Cc2cccc(C(F)(F)F)c2)cc1N1CCC(=O)/C(=C\N(C)C)C1. The predicted molar refractivity (Wildman–Crippen MR) is 114 cm³/mol. The van der Waals surface area contributed by atoms with Gasteiger partial charge in [0.1, 0.15) is 0 Å². The number of ketones is 2. The molecule has 0 aliphatic carbocycles. The molecule has 0 bridgehead atoms. The summed E-state index contributed by atoms with van der Waals surface area (Å²) in [5.74, 6) is -0.142. The molecule has 1 heterocycles. The van der Waals surface area contributed by atoms with Gasteiger partial charge in [-0.05, 0) is 30.2 Å². The molecule has 0 unspecified atom stereocenters. The van der Waals surface area contributed by atoms with Crippen LogP contribution in [0.1, 0.15) is 33.5 Å². The maximum Gasteiger partial charge on any atom is 0.416 e. The summed E-state index contributed by atoms with van der Waals surface area (Å²) in [6.07, 6.45) is -2.36. The first kappa shape index (κ1) is 22.6. The molecule has 1 aliphatic heterocycles. The van der Waals surface area contributed by atoms with Crippen LogP contribution in [0.2, 0.25) is 0 Å². The molecular weight excluding hydrogens is 405 g/mol. The summed E-state index contributed by atoms with van der Waals surface area (Å²) in [4.78, 5) is 28.9. The van der Waals surface area contributed by atoms with E-state index in [1.807, 2.05) is 38.2 Å². The molecule has 0 atom stereocenters. The normalized spacial score (nSPS) is 16.0. The van der Waals surface area contributed by atoms with Crippen molar-refractivity contribution in [1.29, 1.82) is 0 Å². The fraction of sp³-hybridized carbons (Fsp3) is 0.333. The van der Waals surface area contributed by atoms with Crippen LogP contribution in [0.3, 0.4) is 0 Å². The minimum absolute atomic E-state index is 0.111. The number of piperidine rings is 1. The third-order valence-electron chi connectivity index (χ3n) is 5.23. The molecule has 7 heteroatoms. The molecule has 1 saturated heterocycles. The highest BCUT2D eigenvalue weighted by Crippen LogP contribution is 2.30. The number of benzene rings is 2. The molecule has 31 heavy (non-hydrogen) atoms. The lowest BCUT2D eigenvalue weighted by Gasteiger charge is -2.31. The Kier molecular flexibility index (Phi) is 6.53. The topological polar surface area (TPSA) is 40.6 Å². The van der Waals surface area contributed by atoms with Crippen molar-refractivity contribution in [1.82, 2.24) is 4.90 Å². The van der Waals surface area contributed by atoms with E-state index < -0.39 is 11.7 Å². The number of carbonyl (C=O) groups excluding carboxylic acids is 2. The first-order chi connectivity index (χ1) is 14.5. The zero-order chi connectivity index (χ0) is 22.8. The van der Waals surface area contributed by atoms with E-state index in [0.717, 1.165) is 23.4 Å². The van der Waals surface area contributed by atoms with Crippen molar-refractivity contribution in [3.05, 3.63) is 76.5 Å². The molecule has 3 rings (SSSR count). The summed E-state index contributed by atoms with van der Waals surface area (Å²) < 4.78 is 38.8. The van der Waals surface area contributed by atoms with E-state index in [9.17, 15) is 22.8 Å². The van der Waals surface area contributed by atoms with E-state index in [-0.39, 0.29) is 18.0 Å². The standard InChI is InChI=1S/C24H25F3N2O2/c1-16-7-8-18(23(31)12-17-5-4-6-20(11-17)24(25,26)27)13-21(16)29-10-9-22(30)19(15-29)14-28(2)3/h4-8,11,13-14H,9-10,12,15H2,1-3H3/b19-14-. The molecule has 0 spiro atoms. The van der Waals surface area contributed by atoms with Crippen LogP contribution >= 0.6 is 0 Å². The van der Waals surface area contributed by atoms with Crippen molar-refractivity contribution < 1.29 is 22.8 Å². The van der Waals surface area contributed by atoms with Gasteiger partial charge in [0, 0.05) is 63.1 Å². The van der Waals surface area contributed by atoms with Crippen LogP contribution in [0.5, 0.6) is 0 Å². The van der Waals surface area contributed by atoms with Crippen LogP contribution in [0.4, 0.5) is 18.9 Å². The van der Waals surface area contributed by atoms with Crippen molar-refractivity contribution in [3.63, 3.8) is 0 Å². The number of anilines is 1. The van der Waals surface area contributed by atoms with Crippen molar-refractivity contribution in [2.75, 3.05) is 32.1 Å². The number of carbonyl (C=O) groups is 2. The second-order valence-corrected chi connectivity index (χ2v) is 8.01. The minimum Gasteiger partial charge on any atom is -0.383 e. The van der Waals surface area contributed by atoms with Gasteiger partial charge >= 0.3 is 6.18 Å². The van der Waals surface area contributed by atoms with Crippen molar-refractivity contribution in [3.8, 4) is 0 Å². The van der Waals surface area contributed by atoms with Gasteiger partial charge in [0.05, 0.1) is 5.56 Å². The lowest BCUT2D eigenvalue weighted by atomic mass is 9.98. The van der Waals surface area contributed by atoms with Crippen LogP contribution in [-0.2, 0) is 17.4 Å². The minimum atomic E-state index is -4.44. The Balaban J connectivity index is 1.83. The Hall–Kier alpha value is -3.09. The smallest absolute Gasteiger partial charge is 0.383 e. The molecule has 164 valence electrons. The molecule has 0 N–H and O–H groups in total. The van der Waals surface area contributed by atoms with Gasteiger partial charge in [-0.1, -0.05) is 30.3 Å². The third-order valence-corrected chi connectivity index (χ3v) is 5.23. The molecule has 2 aromatic carbocycles. The molecule has 4 nitrogen and oxygen atoms in total. The average molecular weight is 430 g/mol. The number of halogens is 3. The van der Waals surface area contributed by atoms with Gasteiger partial charge in [-0.15, -0.1) is 0 Å². The molecule has 1 aliphatic rings. The maximum atomic E-state index is 12.9. The Morgan fingerprint density at radius 2 is 1.90 bits per heavy atom. The number of nitrogens with zero attached hydrogens (tertiary/aromatic N) is 2. The largest absolute Gasteiger partial charge is 0.416 e. The molecule has 2 aromatic rings. The van der Waals surface area contributed by atoms with Gasteiger partial charge in [0.15, 0.2) is 11.6 Å². The van der Waals surface area contributed by atoms with Gasteiger partial charge < -0.3 is 9.80 Å². The Labute approximate surface area is 180 Å². The van der Waals surface area contributed by atoms with Gasteiger partial charge in [-0.2, -0.15) is 13.2 Å². The number of hydrogen-bond acceptors (Lipinski definition) is 4. The summed E-state index contributed by atoms with van der Waals surface area (Å²) in [5, 5.41) is 0. The first-order valence-electron chi connectivity index (χ1n) is 10.00. The van der Waals surface area contributed by atoms with Crippen molar-refractivity contribution in [2.45, 2.75) is 25.9 Å². The van der Waals surface area contributed by atoms with Gasteiger partial charge in [0.25, 0.3) is 0 Å². The Morgan fingerprint density at radius 3 is 2.58 bits per heavy atom. The maximum absolute atomic E-state index is 12.9. The fourth-order valence-electron chi connectivity index (χ4n) is 3.67. The predicted octanol–water partition coefficient (Wildman–Crippen LogP) is 4.66. The number of hydrogen-bond donors (Lipinski definition) is 0. The zero-order valence-electron chi connectivity index (χ0n) is 17.8. The first-order valence-corrected chi connectivity index (χ1v) is 10.00.